The summed E-state index contributed by atoms with van der Waals surface area (Å²) in [6.07, 6.45) is 7.39. The lowest BCUT2D eigenvalue weighted by atomic mass is 9.89. The van der Waals surface area contributed by atoms with Gasteiger partial charge in [0.1, 0.15) is 5.76 Å². The van der Waals surface area contributed by atoms with Gasteiger partial charge in [-0.25, -0.2) is 0 Å². The lowest BCUT2D eigenvalue weighted by Gasteiger charge is -2.18. The smallest absolute Gasteiger partial charge is 0.118 e. The van der Waals surface area contributed by atoms with E-state index >= 15 is 0 Å². The standard InChI is InChI=1S/C15H25NO/c1-15(2,3)13-10-14(17-12-13)11-16-8-6-4-5-7-9-16/h10,12H,4-9,11H2,1-3H3. The first-order chi connectivity index (χ1) is 8.05. The fourth-order valence-electron chi connectivity index (χ4n) is 2.37. The van der Waals surface area contributed by atoms with Crippen LogP contribution < -0.4 is 0 Å². The molecule has 2 rings (SSSR count). The Balaban J connectivity index is 1.96. The third kappa shape index (κ3) is 3.60. The number of nitrogens with zero attached hydrogens (tertiary/aromatic N) is 1. The molecule has 96 valence electrons. The van der Waals surface area contributed by atoms with E-state index in [0.29, 0.717) is 0 Å². The molecule has 0 amide bonds. The highest BCUT2D eigenvalue weighted by molar-refractivity contribution is 5.20. The maximum Gasteiger partial charge on any atom is 0.118 e. The molecule has 1 fully saturated rings. The summed E-state index contributed by atoms with van der Waals surface area (Å²) >= 11 is 0. The molecule has 0 aromatic carbocycles. The van der Waals surface area contributed by atoms with Crippen molar-refractivity contribution < 1.29 is 4.42 Å². The summed E-state index contributed by atoms with van der Waals surface area (Å²) in [5.41, 5.74) is 1.50. The van der Waals surface area contributed by atoms with Gasteiger partial charge < -0.3 is 4.42 Å². The molecule has 0 unspecified atom stereocenters. The number of hydrogen-bond donors (Lipinski definition) is 0. The van der Waals surface area contributed by atoms with Crippen molar-refractivity contribution in [3.8, 4) is 0 Å². The second kappa shape index (κ2) is 5.26. The topological polar surface area (TPSA) is 16.4 Å². The zero-order valence-corrected chi connectivity index (χ0v) is 11.5. The minimum atomic E-state index is 0.195. The van der Waals surface area contributed by atoms with Gasteiger partial charge in [-0.05, 0) is 43.0 Å². The van der Waals surface area contributed by atoms with Crippen LogP contribution in [0.4, 0.5) is 0 Å². The number of hydrogen-bond acceptors (Lipinski definition) is 2. The predicted molar refractivity (Wildman–Crippen MR) is 71.2 cm³/mol. The molecule has 1 aromatic heterocycles. The average Bonchev–Trinajstić information content (AvgIpc) is 2.56. The Morgan fingerprint density at radius 2 is 1.76 bits per heavy atom. The quantitative estimate of drug-likeness (QED) is 0.771. The molecule has 0 aliphatic carbocycles. The third-order valence-corrected chi connectivity index (χ3v) is 3.60. The Morgan fingerprint density at radius 3 is 2.29 bits per heavy atom. The fraction of sp³-hybridized carbons (Fsp3) is 0.733. The lowest BCUT2D eigenvalue weighted by Crippen LogP contribution is -2.23. The van der Waals surface area contributed by atoms with Crippen LogP contribution in [0.25, 0.3) is 0 Å². The molecule has 1 aliphatic heterocycles. The van der Waals surface area contributed by atoms with Gasteiger partial charge in [0.05, 0.1) is 12.8 Å². The van der Waals surface area contributed by atoms with E-state index in [4.69, 9.17) is 4.42 Å². The molecule has 1 aromatic rings. The van der Waals surface area contributed by atoms with E-state index < -0.39 is 0 Å². The normalized spacial score (nSPS) is 19.2. The molecular formula is C15H25NO. The molecule has 0 atom stereocenters. The van der Waals surface area contributed by atoms with Crippen LogP contribution in [-0.2, 0) is 12.0 Å². The lowest BCUT2D eigenvalue weighted by molar-refractivity contribution is 0.253. The van der Waals surface area contributed by atoms with Crippen molar-refractivity contribution in [3.05, 3.63) is 23.7 Å². The number of furan rings is 1. The number of rotatable bonds is 2. The maximum absolute atomic E-state index is 5.69. The summed E-state index contributed by atoms with van der Waals surface area (Å²) in [6.45, 7) is 10.1. The SMILES string of the molecule is CC(C)(C)c1coc(CN2CCCCCC2)c1. The van der Waals surface area contributed by atoms with Crippen molar-refractivity contribution in [1.82, 2.24) is 4.90 Å². The van der Waals surface area contributed by atoms with Crippen LogP contribution in [0, 0.1) is 0 Å². The van der Waals surface area contributed by atoms with Gasteiger partial charge in [-0.1, -0.05) is 33.6 Å². The minimum Gasteiger partial charge on any atom is -0.468 e. The highest BCUT2D eigenvalue weighted by Crippen LogP contribution is 2.25. The monoisotopic (exact) mass is 235 g/mol. The van der Waals surface area contributed by atoms with Crippen LogP contribution in [0.5, 0.6) is 0 Å². The van der Waals surface area contributed by atoms with Crippen molar-refractivity contribution in [2.75, 3.05) is 13.1 Å². The highest BCUT2D eigenvalue weighted by Gasteiger charge is 2.18. The second-order valence-corrected chi connectivity index (χ2v) is 6.24. The Hall–Kier alpha value is -0.760. The maximum atomic E-state index is 5.69. The summed E-state index contributed by atoms with van der Waals surface area (Å²) in [5, 5.41) is 0. The van der Waals surface area contributed by atoms with Crippen LogP contribution in [0.3, 0.4) is 0 Å². The highest BCUT2D eigenvalue weighted by atomic mass is 16.3. The largest absolute Gasteiger partial charge is 0.468 e. The van der Waals surface area contributed by atoms with Crippen molar-refractivity contribution in [3.63, 3.8) is 0 Å². The summed E-state index contributed by atoms with van der Waals surface area (Å²) in [7, 11) is 0. The van der Waals surface area contributed by atoms with Crippen molar-refractivity contribution in [1.29, 1.82) is 0 Å². The molecule has 0 saturated carbocycles. The summed E-state index contributed by atoms with van der Waals surface area (Å²) < 4.78 is 5.69. The minimum absolute atomic E-state index is 0.195. The summed E-state index contributed by atoms with van der Waals surface area (Å²) in [4.78, 5) is 2.53. The predicted octanol–water partition coefficient (Wildman–Crippen LogP) is 3.95. The third-order valence-electron chi connectivity index (χ3n) is 3.60. The van der Waals surface area contributed by atoms with Gasteiger partial charge in [0.25, 0.3) is 0 Å². The van der Waals surface area contributed by atoms with E-state index in [1.165, 1.54) is 44.3 Å². The van der Waals surface area contributed by atoms with E-state index in [2.05, 4.69) is 31.7 Å². The molecule has 2 heterocycles. The Bertz CT molecular complexity index is 340. The van der Waals surface area contributed by atoms with E-state index in [1.807, 2.05) is 6.26 Å². The van der Waals surface area contributed by atoms with Crippen LogP contribution in [0.1, 0.15) is 57.8 Å². The molecule has 2 nitrogen and oxygen atoms in total. The van der Waals surface area contributed by atoms with Gasteiger partial charge in [-0.2, -0.15) is 0 Å². The first-order valence-corrected chi connectivity index (χ1v) is 6.86. The van der Waals surface area contributed by atoms with Gasteiger partial charge in [0.15, 0.2) is 0 Å². The van der Waals surface area contributed by atoms with Crippen LogP contribution >= 0.6 is 0 Å². The van der Waals surface area contributed by atoms with Gasteiger partial charge in [-0.3, -0.25) is 4.90 Å². The molecule has 2 heteroatoms. The van der Waals surface area contributed by atoms with E-state index in [1.54, 1.807) is 0 Å². The van der Waals surface area contributed by atoms with Crippen molar-refractivity contribution in [2.45, 2.75) is 58.4 Å². The molecule has 1 saturated heterocycles. The summed E-state index contributed by atoms with van der Waals surface area (Å²) in [6, 6.07) is 2.23. The fourth-order valence-corrected chi connectivity index (χ4v) is 2.37. The van der Waals surface area contributed by atoms with E-state index in [9.17, 15) is 0 Å². The van der Waals surface area contributed by atoms with Gasteiger partial charge in [-0.15, -0.1) is 0 Å². The van der Waals surface area contributed by atoms with Crippen molar-refractivity contribution in [2.24, 2.45) is 0 Å². The van der Waals surface area contributed by atoms with Crippen molar-refractivity contribution >= 4 is 0 Å². The molecule has 0 radical (unpaired) electrons. The summed E-state index contributed by atoms with van der Waals surface area (Å²) in [5.74, 6) is 1.12. The zero-order chi connectivity index (χ0) is 12.3. The molecular weight excluding hydrogens is 210 g/mol. The van der Waals surface area contributed by atoms with E-state index in [0.717, 1.165) is 12.3 Å². The van der Waals surface area contributed by atoms with Gasteiger partial charge >= 0.3 is 0 Å². The van der Waals surface area contributed by atoms with Crippen LogP contribution in [-0.4, -0.2) is 18.0 Å². The number of likely N-dealkylation sites (tertiary alicyclic amines) is 1. The van der Waals surface area contributed by atoms with E-state index in [-0.39, 0.29) is 5.41 Å². The molecule has 1 aliphatic rings. The molecule has 0 spiro atoms. The Morgan fingerprint density at radius 1 is 1.12 bits per heavy atom. The molecule has 0 N–H and O–H groups in total. The van der Waals surface area contributed by atoms with Crippen LogP contribution in [0.2, 0.25) is 0 Å². The van der Waals surface area contributed by atoms with Gasteiger partial charge in [0, 0.05) is 0 Å². The Labute approximate surface area is 105 Å². The van der Waals surface area contributed by atoms with Gasteiger partial charge in [0.2, 0.25) is 0 Å². The average molecular weight is 235 g/mol. The first kappa shape index (κ1) is 12.7. The Kier molecular flexibility index (Phi) is 3.93. The second-order valence-electron chi connectivity index (χ2n) is 6.24. The molecule has 0 bridgehead atoms. The first-order valence-electron chi connectivity index (χ1n) is 6.86. The molecule has 17 heavy (non-hydrogen) atoms. The zero-order valence-electron chi connectivity index (χ0n) is 11.5. The van der Waals surface area contributed by atoms with Crippen LogP contribution in [0.15, 0.2) is 16.7 Å².